The number of benzene rings is 2. The molecular formula is C25H34N5S2+. The van der Waals surface area contributed by atoms with Gasteiger partial charge in [-0.05, 0) is 57.9 Å². The Bertz CT molecular complexity index is 1310. The summed E-state index contributed by atoms with van der Waals surface area (Å²) in [4.78, 5) is 1.90. The number of aryl methyl sites for hydroxylation is 2. The average Bonchev–Trinajstić information content (AvgIpc) is 3.35. The summed E-state index contributed by atoms with van der Waals surface area (Å²) in [5, 5.41) is 9.41. The molecule has 0 spiro atoms. The Balaban J connectivity index is 1.64. The molecule has 0 atom stereocenters. The van der Waals surface area contributed by atoms with Crippen molar-refractivity contribution in [2.24, 2.45) is 17.3 Å². The molecule has 2 heterocycles. The van der Waals surface area contributed by atoms with Crippen LogP contribution in [0.2, 0.25) is 0 Å². The van der Waals surface area contributed by atoms with Gasteiger partial charge in [0.1, 0.15) is 0 Å². The average molecular weight is 469 g/mol. The smallest absolute Gasteiger partial charge is 0.211 e. The first-order valence-corrected chi connectivity index (χ1v) is 13.3. The summed E-state index contributed by atoms with van der Waals surface area (Å²) >= 11 is 3.41. The van der Waals surface area contributed by atoms with Gasteiger partial charge in [0.05, 0.1) is 46.6 Å². The van der Waals surface area contributed by atoms with E-state index in [1.807, 2.05) is 0 Å². The van der Waals surface area contributed by atoms with Gasteiger partial charge in [-0.1, -0.05) is 46.9 Å². The molecule has 0 aliphatic rings. The van der Waals surface area contributed by atoms with E-state index in [-0.39, 0.29) is 0 Å². The molecule has 0 bridgehead atoms. The summed E-state index contributed by atoms with van der Waals surface area (Å²) in [5.41, 5.74) is 2.45. The fourth-order valence-electron chi connectivity index (χ4n) is 4.44. The SMILES string of the molecule is CC[N+](CC)(CC)CCCCn1c(=NN=c2sc3ccccc3n2C)sc2ccccc21. The van der Waals surface area contributed by atoms with E-state index in [1.165, 1.54) is 57.5 Å². The zero-order valence-electron chi connectivity index (χ0n) is 19.6. The summed E-state index contributed by atoms with van der Waals surface area (Å²) in [7, 11) is 2.06. The number of aromatic nitrogens is 2. The Hall–Kier alpha value is -2.22. The highest BCUT2D eigenvalue weighted by Crippen LogP contribution is 2.18. The normalized spacial score (nSPS) is 13.6. The number of unbranched alkanes of at least 4 members (excludes halogenated alkanes) is 1. The van der Waals surface area contributed by atoms with Crippen LogP contribution >= 0.6 is 22.7 Å². The standard InChI is InChI=1S/C25H34N5S2/c1-5-30(6-2,7-3)19-13-12-18-29-21-15-9-11-17-23(21)32-25(29)27-26-24-28(4)20-14-8-10-16-22(20)31-24/h8-11,14-17H,5-7,12-13,18-19H2,1-4H3/q+1. The van der Waals surface area contributed by atoms with Crippen LogP contribution in [0.3, 0.4) is 0 Å². The highest BCUT2D eigenvalue weighted by Gasteiger charge is 2.19. The van der Waals surface area contributed by atoms with E-state index in [1.54, 1.807) is 22.7 Å². The van der Waals surface area contributed by atoms with Crippen molar-refractivity contribution in [1.29, 1.82) is 0 Å². The molecule has 0 saturated carbocycles. The first-order chi connectivity index (χ1) is 15.6. The van der Waals surface area contributed by atoms with Gasteiger partial charge < -0.3 is 13.6 Å². The molecule has 7 heteroatoms. The van der Waals surface area contributed by atoms with Gasteiger partial charge in [0.25, 0.3) is 0 Å². The highest BCUT2D eigenvalue weighted by molar-refractivity contribution is 7.16. The fourth-order valence-corrected chi connectivity index (χ4v) is 6.42. The lowest BCUT2D eigenvalue weighted by molar-refractivity contribution is -0.923. The summed E-state index contributed by atoms with van der Waals surface area (Å²) in [6.45, 7) is 12.8. The van der Waals surface area contributed by atoms with Crippen molar-refractivity contribution in [3.63, 3.8) is 0 Å². The molecule has 32 heavy (non-hydrogen) atoms. The molecule has 0 fully saturated rings. The molecule has 2 aromatic heterocycles. The molecule has 5 nitrogen and oxygen atoms in total. The maximum atomic E-state index is 4.74. The van der Waals surface area contributed by atoms with E-state index in [4.69, 9.17) is 5.10 Å². The third kappa shape index (κ3) is 4.60. The van der Waals surface area contributed by atoms with Crippen LogP contribution in [-0.4, -0.2) is 39.8 Å². The van der Waals surface area contributed by atoms with Crippen LogP contribution < -0.4 is 9.60 Å². The molecule has 0 radical (unpaired) electrons. The first-order valence-electron chi connectivity index (χ1n) is 11.7. The largest absolute Gasteiger partial charge is 0.324 e. The van der Waals surface area contributed by atoms with Crippen LogP contribution in [-0.2, 0) is 13.6 Å². The van der Waals surface area contributed by atoms with Crippen molar-refractivity contribution in [2.75, 3.05) is 26.2 Å². The number of thiazole rings is 2. The summed E-state index contributed by atoms with van der Waals surface area (Å²) in [6.07, 6.45) is 2.39. The Morgan fingerprint density at radius 1 is 0.750 bits per heavy atom. The van der Waals surface area contributed by atoms with Crippen molar-refractivity contribution in [1.82, 2.24) is 9.13 Å². The van der Waals surface area contributed by atoms with E-state index >= 15 is 0 Å². The van der Waals surface area contributed by atoms with Gasteiger partial charge in [-0.2, -0.15) is 0 Å². The molecular weight excluding hydrogens is 434 g/mol. The Labute approximate surface area is 198 Å². The Morgan fingerprint density at radius 2 is 1.31 bits per heavy atom. The van der Waals surface area contributed by atoms with Crippen LogP contribution in [0.15, 0.2) is 58.7 Å². The second-order valence-electron chi connectivity index (χ2n) is 8.34. The number of para-hydroxylation sites is 2. The topological polar surface area (TPSA) is 34.6 Å². The lowest BCUT2D eigenvalue weighted by atomic mass is 10.2. The highest BCUT2D eigenvalue weighted by atomic mass is 32.1. The van der Waals surface area contributed by atoms with Crippen molar-refractivity contribution in [3.05, 3.63) is 58.1 Å². The second kappa shape index (κ2) is 10.1. The van der Waals surface area contributed by atoms with Crippen LogP contribution in [0.1, 0.15) is 33.6 Å². The fraction of sp³-hybridized carbons (Fsp3) is 0.440. The molecule has 170 valence electrons. The molecule has 0 amide bonds. The number of nitrogens with zero attached hydrogens (tertiary/aromatic N) is 5. The number of hydrogen-bond acceptors (Lipinski definition) is 4. The van der Waals surface area contributed by atoms with E-state index in [9.17, 15) is 0 Å². The van der Waals surface area contributed by atoms with Gasteiger partial charge in [-0.3, -0.25) is 0 Å². The quantitative estimate of drug-likeness (QED) is 0.181. The van der Waals surface area contributed by atoms with Crippen LogP contribution in [0.25, 0.3) is 20.4 Å². The van der Waals surface area contributed by atoms with Gasteiger partial charge in [-0.25, -0.2) is 0 Å². The molecule has 0 unspecified atom stereocenters. The Kier molecular flexibility index (Phi) is 7.28. The third-order valence-electron chi connectivity index (χ3n) is 6.80. The van der Waals surface area contributed by atoms with Gasteiger partial charge in [-0.15, -0.1) is 10.2 Å². The molecule has 2 aromatic carbocycles. The van der Waals surface area contributed by atoms with Gasteiger partial charge >= 0.3 is 0 Å². The van der Waals surface area contributed by atoms with Crippen LogP contribution in [0.5, 0.6) is 0 Å². The van der Waals surface area contributed by atoms with Gasteiger partial charge in [0.15, 0.2) is 0 Å². The van der Waals surface area contributed by atoms with Crippen LogP contribution in [0, 0.1) is 0 Å². The monoisotopic (exact) mass is 468 g/mol. The minimum Gasteiger partial charge on any atom is -0.324 e. The van der Waals surface area contributed by atoms with Crippen LogP contribution in [0.4, 0.5) is 0 Å². The van der Waals surface area contributed by atoms with E-state index in [0.29, 0.717) is 0 Å². The number of quaternary nitrogens is 1. The minimum absolute atomic E-state index is 0.922. The molecule has 4 aromatic rings. The predicted octanol–water partition coefficient (Wildman–Crippen LogP) is 5.33. The van der Waals surface area contributed by atoms with Gasteiger partial charge in [0.2, 0.25) is 9.60 Å². The third-order valence-corrected chi connectivity index (χ3v) is 8.95. The lowest BCUT2D eigenvalue weighted by Crippen LogP contribution is -2.48. The summed E-state index contributed by atoms with van der Waals surface area (Å²) < 4.78 is 8.19. The van der Waals surface area contributed by atoms with E-state index in [2.05, 4.69) is 90.6 Å². The maximum Gasteiger partial charge on any atom is 0.211 e. The number of rotatable bonds is 9. The summed E-state index contributed by atoms with van der Waals surface area (Å²) in [5.74, 6) is 0. The second-order valence-corrected chi connectivity index (χ2v) is 10.4. The number of fused-ring (bicyclic) bond motifs is 2. The molecule has 0 aliphatic carbocycles. The molecule has 4 rings (SSSR count). The molecule has 0 N–H and O–H groups in total. The van der Waals surface area contributed by atoms with Crippen molar-refractivity contribution >= 4 is 43.1 Å². The summed E-state index contributed by atoms with van der Waals surface area (Å²) in [6, 6.07) is 17.0. The zero-order valence-corrected chi connectivity index (χ0v) is 21.3. The predicted molar refractivity (Wildman–Crippen MR) is 138 cm³/mol. The zero-order chi connectivity index (χ0) is 22.6. The maximum absolute atomic E-state index is 4.74. The van der Waals surface area contributed by atoms with Crippen molar-refractivity contribution in [3.8, 4) is 0 Å². The number of hydrogen-bond donors (Lipinski definition) is 0. The molecule has 0 aliphatic heterocycles. The first kappa shape index (κ1) is 23.0. The molecule has 0 saturated heterocycles. The Morgan fingerprint density at radius 3 is 1.97 bits per heavy atom. The van der Waals surface area contributed by atoms with E-state index in [0.717, 1.165) is 22.6 Å². The van der Waals surface area contributed by atoms with Crippen molar-refractivity contribution < 1.29 is 4.48 Å². The lowest BCUT2D eigenvalue weighted by Gasteiger charge is -2.35. The van der Waals surface area contributed by atoms with Gasteiger partial charge in [0, 0.05) is 13.6 Å². The van der Waals surface area contributed by atoms with Crippen molar-refractivity contribution in [2.45, 2.75) is 40.2 Å². The van der Waals surface area contributed by atoms with E-state index < -0.39 is 0 Å². The minimum atomic E-state index is 0.922.